The highest BCUT2D eigenvalue weighted by Crippen LogP contribution is 2.19. The maximum atomic E-state index is 11.7. The Kier molecular flexibility index (Phi) is 5.31. The molecule has 1 rings (SSSR count). The maximum Gasteiger partial charge on any atom is 0.253 e. The summed E-state index contributed by atoms with van der Waals surface area (Å²) in [6, 6.07) is 4.83. The lowest BCUT2D eigenvalue weighted by molar-refractivity contribution is -0.120. The molecule has 0 fully saturated rings. The second kappa shape index (κ2) is 6.51. The van der Waals surface area contributed by atoms with Crippen LogP contribution in [0.25, 0.3) is 0 Å². The summed E-state index contributed by atoms with van der Waals surface area (Å²) in [4.78, 5) is 23.5. The van der Waals surface area contributed by atoms with E-state index in [1.807, 2.05) is 0 Å². The molecule has 17 heavy (non-hydrogen) atoms. The van der Waals surface area contributed by atoms with Crippen molar-refractivity contribution in [2.24, 2.45) is 0 Å². The number of rotatable bonds is 4. The molecule has 6 heteroatoms. The predicted octanol–water partition coefficient (Wildman–Crippen LogP) is 1.49. The summed E-state index contributed by atoms with van der Waals surface area (Å²) in [5.41, 5.74) is 0.309. The van der Waals surface area contributed by atoms with Crippen molar-refractivity contribution >= 4 is 36.0 Å². The SMILES string of the molecule is CCNC(=O)CNC(=O)c1cc(S)ccc1Cl. The van der Waals surface area contributed by atoms with Crippen molar-refractivity contribution in [3.63, 3.8) is 0 Å². The fraction of sp³-hybridized carbons (Fsp3) is 0.273. The van der Waals surface area contributed by atoms with Gasteiger partial charge in [-0.05, 0) is 25.1 Å². The van der Waals surface area contributed by atoms with Gasteiger partial charge < -0.3 is 10.6 Å². The van der Waals surface area contributed by atoms with E-state index >= 15 is 0 Å². The molecule has 0 saturated heterocycles. The van der Waals surface area contributed by atoms with Crippen LogP contribution in [0.3, 0.4) is 0 Å². The minimum absolute atomic E-state index is 0.0696. The van der Waals surface area contributed by atoms with Gasteiger partial charge in [-0.3, -0.25) is 9.59 Å². The van der Waals surface area contributed by atoms with Crippen LogP contribution in [0.1, 0.15) is 17.3 Å². The van der Waals surface area contributed by atoms with Gasteiger partial charge in [0, 0.05) is 11.4 Å². The van der Waals surface area contributed by atoms with Crippen molar-refractivity contribution < 1.29 is 9.59 Å². The fourth-order valence-corrected chi connectivity index (χ4v) is 1.61. The number of nitrogens with one attached hydrogen (secondary N) is 2. The number of amides is 2. The fourth-order valence-electron chi connectivity index (χ4n) is 1.20. The molecule has 2 amide bonds. The molecule has 0 heterocycles. The molecule has 0 saturated carbocycles. The van der Waals surface area contributed by atoms with E-state index in [9.17, 15) is 9.59 Å². The van der Waals surface area contributed by atoms with Crippen molar-refractivity contribution in [1.82, 2.24) is 10.6 Å². The zero-order valence-electron chi connectivity index (χ0n) is 9.29. The summed E-state index contributed by atoms with van der Waals surface area (Å²) in [5, 5.41) is 5.39. The first-order valence-electron chi connectivity index (χ1n) is 5.08. The Morgan fingerprint density at radius 1 is 1.35 bits per heavy atom. The van der Waals surface area contributed by atoms with Crippen molar-refractivity contribution in [3.8, 4) is 0 Å². The van der Waals surface area contributed by atoms with E-state index in [2.05, 4.69) is 23.3 Å². The molecule has 1 aromatic carbocycles. The van der Waals surface area contributed by atoms with Crippen LogP contribution in [0.2, 0.25) is 5.02 Å². The van der Waals surface area contributed by atoms with Gasteiger partial charge in [0.2, 0.25) is 5.91 Å². The smallest absolute Gasteiger partial charge is 0.253 e. The monoisotopic (exact) mass is 272 g/mol. The number of thiol groups is 1. The van der Waals surface area contributed by atoms with E-state index in [1.165, 1.54) is 0 Å². The zero-order chi connectivity index (χ0) is 12.8. The van der Waals surface area contributed by atoms with Gasteiger partial charge in [-0.15, -0.1) is 12.6 Å². The Hall–Kier alpha value is -1.20. The summed E-state index contributed by atoms with van der Waals surface area (Å²) in [7, 11) is 0. The largest absolute Gasteiger partial charge is 0.355 e. The average Bonchev–Trinajstić information content (AvgIpc) is 2.29. The molecular weight excluding hydrogens is 260 g/mol. The first-order chi connectivity index (χ1) is 8.04. The number of halogens is 1. The van der Waals surface area contributed by atoms with E-state index < -0.39 is 5.91 Å². The third kappa shape index (κ3) is 4.28. The highest BCUT2D eigenvalue weighted by molar-refractivity contribution is 7.80. The summed E-state index contributed by atoms with van der Waals surface area (Å²) in [5.74, 6) is -0.629. The third-order valence-electron chi connectivity index (χ3n) is 1.98. The molecule has 0 aliphatic carbocycles. The van der Waals surface area contributed by atoms with Crippen molar-refractivity contribution in [1.29, 1.82) is 0 Å². The van der Waals surface area contributed by atoms with Crippen LogP contribution in [-0.2, 0) is 4.79 Å². The molecular formula is C11H13ClN2O2S. The number of likely N-dealkylation sites (N-methyl/N-ethyl adjacent to an activating group) is 1. The summed E-state index contributed by atoms with van der Waals surface area (Å²) < 4.78 is 0. The summed E-state index contributed by atoms with van der Waals surface area (Å²) >= 11 is 9.99. The number of hydrogen-bond acceptors (Lipinski definition) is 3. The van der Waals surface area contributed by atoms with E-state index in [-0.39, 0.29) is 12.5 Å². The number of hydrogen-bond donors (Lipinski definition) is 3. The molecule has 0 aliphatic rings. The lowest BCUT2D eigenvalue weighted by Crippen LogP contribution is -2.36. The molecule has 0 unspecified atom stereocenters. The number of carbonyl (C=O) groups is 2. The van der Waals surface area contributed by atoms with E-state index in [0.717, 1.165) is 0 Å². The second-order valence-corrected chi connectivity index (χ2v) is 4.22. The molecule has 92 valence electrons. The van der Waals surface area contributed by atoms with Gasteiger partial charge in [-0.25, -0.2) is 0 Å². The van der Waals surface area contributed by atoms with Gasteiger partial charge in [0.15, 0.2) is 0 Å². The first-order valence-corrected chi connectivity index (χ1v) is 5.90. The predicted molar refractivity (Wildman–Crippen MR) is 69.7 cm³/mol. The Bertz CT molecular complexity index is 437. The molecule has 0 aromatic heterocycles. The Morgan fingerprint density at radius 2 is 2.06 bits per heavy atom. The van der Waals surface area contributed by atoms with Crippen molar-refractivity contribution in [2.45, 2.75) is 11.8 Å². The highest BCUT2D eigenvalue weighted by Gasteiger charge is 2.11. The van der Waals surface area contributed by atoms with Crippen LogP contribution in [0.5, 0.6) is 0 Å². The highest BCUT2D eigenvalue weighted by atomic mass is 35.5. The van der Waals surface area contributed by atoms with Crippen LogP contribution in [-0.4, -0.2) is 24.9 Å². The quantitative estimate of drug-likeness (QED) is 0.728. The minimum Gasteiger partial charge on any atom is -0.355 e. The van der Waals surface area contributed by atoms with Gasteiger partial charge in [0.1, 0.15) is 0 Å². The first kappa shape index (κ1) is 13.9. The van der Waals surface area contributed by atoms with Crippen molar-refractivity contribution in [2.75, 3.05) is 13.1 Å². The van der Waals surface area contributed by atoms with E-state index in [1.54, 1.807) is 25.1 Å². The summed E-state index contributed by atoms with van der Waals surface area (Å²) in [6.45, 7) is 2.27. The maximum absolute atomic E-state index is 11.7. The van der Waals surface area contributed by atoms with Gasteiger partial charge in [-0.2, -0.15) is 0 Å². The van der Waals surface area contributed by atoms with Crippen LogP contribution in [0, 0.1) is 0 Å². The molecule has 4 nitrogen and oxygen atoms in total. The topological polar surface area (TPSA) is 58.2 Å². The molecule has 0 spiro atoms. The van der Waals surface area contributed by atoms with E-state index in [4.69, 9.17) is 11.6 Å². The van der Waals surface area contributed by atoms with Crippen molar-refractivity contribution in [3.05, 3.63) is 28.8 Å². The molecule has 0 radical (unpaired) electrons. The van der Waals surface area contributed by atoms with E-state index in [0.29, 0.717) is 22.0 Å². The molecule has 2 N–H and O–H groups in total. The molecule has 1 aromatic rings. The average molecular weight is 273 g/mol. The number of carbonyl (C=O) groups excluding carboxylic acids is 2. The summed E-state index contributed by atoms with van der Waals surface area (Å²) in [6.07, 6.45) is 0. The Morgan fingerprint density at radius 3 is 2.71 bits per heavy atom. The standard InChI is InChI=1S/C11H13ClN2O2S/c1-2-13-10(15)6-14-11(16)8-5-7(17)3-4-9(8)12/h3-5,17H,2,6H2,1H3,(H,13,15)(H,14,16). The molecule has 0 atom stereocenters. The van der Waals surface area contributed by atoms with Crippen LogP contribution >= 0.6 is 24.2 Å². The van der Waals surface area contributed by atoms with Gasteiger partial charge >= 0.3 is 0 Å². The van der Waals surface area contributed by atoms with Gasteiger partial charge in [0.05, 0.1) is 17.1 Å². The molecule has 0 aliphatic heterocycles. The minimum atomic E-state index is -0.392. The second-order valence-electron chi connectivity index (χ2n) is 3.30. The van der Waals surface area contributed by atoms with Gasteiger partial charge in [0.25, 0.3) is 5.91 Å². The van der Waals surface area contributed by atoms with Crippen LogP contribution < -0.4 is 10.6 Å². The lowest BCUT2D eigenvalue weighted by Gasteiger charge is -2.07. The Labute approximate surface area is 110 Å². The number of benzene rings is 1. The molecule has 0 bridgehead atoms. The zero-order valence-corrected chi connectivity index (χ0v) is 10.9. The Balaban J connectivity index is 2.64. The van der Waals surface area contributed by atoms with Crippen LogP contribution in [0.15, 0.2) is 23.1 Å². The lowest BCUT2D eigenvalue weighted by atomic mass is 10.2. The normalized spacial score (nSPS) is 9.82. The van der Waals surface area contributed by atoms with Gasteiger partial charge in [-0.1, -0.05) is 11.6 Å². The third-order valence-corrected chi connectivity index (χ3v) is 2.59. The van der Waals surface area contributed by atoms with Crippen LogP contribution in [0.4, 0.5) is 0 Å².